The third-order valence-electron chi connectivity index (χ3n) is 12.9. The average Bonchev–Trinajstić information content (AvgIpc) is 3.66. The van der Waals surface area contributed by atoms with Crippen LogP contribution in [0, 0.1) is 11.3 Å². The number of nitrogens with one attached hydrogen (secondary N) is 1. The van der Waals surface area contributed by atoms with Crippen LogP contribution in [0.25, 0.3) is 11.3 Å². The van der Waals surface area contributed by atoms with Crippen molar-refractivity contribution in [1.82, 2.24) is 30.3 Å². The molecule has 7 heterocycles. The number of carbonyl (C=O) groups excluding carboxylic acids is 3. The Hall–Kier alpha value is -5.36. The number of amides is 3. The number of phenols is 1. The van der Waals surface area contributed by atoms with Crippen LogP contribution in [0.1, 0.15) is 55.6 Å². The predicted octanol–water partition coefficient (Wildman–Crippen LogP) is 4.36. The van der Waals surface area contributed by atoms with Gasteiger partial charge in [-0.1, -0.05) is 48.5 Å². The summed E-state index contributed by atoms with van der Waals surface area (Å²) < 4.78 is 0. The van der Waals surface area contributed by atoms with Crippen molar-refractivity contribution >= 4 is 29.2 Å². The van der Waals surface area contributed by atoms with Gasteiger partial charge in [0.25, 0.3) is 0 Å². The molecule has 0 aliphatic carbocycles. The molecule has 0 radical (unpaired) electrons. The van der Waals surface area contributed by atoms with E-state index in [0.717, 1.165) is 107 Å². The van der Waals surface area contributed by atoms with Crippen LogP contribution >= 0.6 is 0 Å². The Bertz CT molecular complexity index is 2050. The van der Waals surface area contributed by atoms with Crippen molar-refractivity contribution in [3.8, 4) is 17.0 Å². The summed E-state index contributed by atoms with van der Waals surface area (Å²) in [6, 6.07) is 23.5. The Balaban J connectivity index is 0.764. The molecule has 12 nitrogen and oxygen atoms in total. The molecule has 5 saturated heterocycles. The SMILES string of the molecule is O=C1CCC(c2ccc(N3CC[C@H](CCN4CC5(C4)CN(C(=O)C4(c6ccccc6)CCN(c6cnnc(-c7ccccc7O)c6)CC4)C5)C3)nc2)C(=O)N1. The fraction of sp³-hybridized carbons (Fsp3) is 0.442. The molecule has 3 amide bonds. The minimum absolute atomic E-state index is 0.177. The summed E-state index contributed by atoms with van der Waals surface area (Å²) >= 11 is 0. The van der Waals surface area contributed by atoms with Gasteiger partial charge in [-0.15, -0.1) is 0 Å². The maximum Gasteiger partial charge on any atom is 0.234 e. The zero-order chi connectivity index (χ0) is 37.6. The second kappa shape index (κ2) is 14.4. The Labute approximate surface area is 321 Å². The summed E-state index contributed by atoms with van der Waals surface area (Å²) in [4.78, 5) is 52.3. The summed E-state index contributed by atoms with van der Waals surface area (Å²) in [5.74, 6) is 1.27. The molecule has 55 heavy (non-hydrogen) atoms. The van der Waals surface area contributed by atoms with Crippen LogP contribution in [-0.4, -0.2) is 107 Å². The minimum atomic E-state index is -0.557. The third-order valence-corrected chi connectivity index (χ3v) is 12.9. The van der Waals surface area contributed by atoms with Gasteiger partial charge in [0.05, 0.1) is 28.9 Å². The first-order chi connectivity index (χ1) is 26.8. The van der Waals surface area contributed by atoms with E-state index in [9.17, 15) is 19.5 Å². The second-order valence-corrected chi connectivity index (χ2v) is 16.5. The Morgan fingerprint density at radius 2 is 1.65 bits per heavy atom. The smallest absolute Gasteiger partial charge is 0.234 e. The van der Waals surface area contributed by atoms with E-state index >= 15 is 0 Å². The maximum atomic E-state index is 14.5. The summed E-state index contributed by atoms with van der Waals surface area (Å²) in [5.41, 5.74) is 3.86. The van der Waals surface area contributed by atoms with Gasteiger partial charge in [-0.05, 0) is 80.0 Å². The molecule has 0 bridgehead atoms. The molecule has 0 saturated carbocycles. The molecule has 1 unspecified atom stereocenters. The standard InChI is InChI=1S/C43H48N8O4/c52-37-9-5-4-8-35(37)36-22-33(24-45-47-36)49-20-16-43(17-21-49,32-6-2-1-3-7-32)41(55)51-28-42(29-51)26-48(27-42)18-14-30-15-19-50(25-30)38-12-10-31(23-44-38)34-11-13-39(53)46-40(34)54/h1-10,12,22-24,30,34,52H,11,13-21,25-29H2,(H,46,53,54)/t30-,34?/m0/s1. The number of pyridine rings is 1. The number of imide groups is 1. The first kappa shape index (κ1) is 35.3. The van der Waals surface area contributed by atoms with Crippen LogP contribution in [0.4, 0.5) is 11.5 Å². The lowest BCUT2D eigenvalue weighted by atomic mass is 9.67. The summed E-state index contributed by atoms with van der Waals surface area (Å²) in [6.07, 6.45) is 8.21. The van der Waals surface area contributed by atoms with Crippen LogP contribution in [-0.2, 0) is 19.8 Å². The van der Waals surface area contributed by atoms with E-state index in [0.29, 0.717) is 30.0 Å². The lowest BCUT2D eigenvalue weighted by Gasteiger charge is -2.62. The normalized spacial score (nSPS) is 23.3. The Morgan fingerprint density at radius 3 is 2.40 bits per heavy atom. The number of para-hydroxylation sites is 1. The number of aromatic nitrogens is 3. The molecule has 1 spiro atoms. The molecule has 284 valence electrons. The van der Waals surface area contributed by atoms with Gasteiger partial charge >= 0.3 is 0 Å². The molecular formula is C43H48N8O4. The fourth-order valence-corrected chi connectivity index (χ4v) is 9.80. The molecule has 2 aromatic carbocycles. The minimum Gasteiger partial charge on any atom is -0.507 e. The molecule has 9 rings (SSSR count). The Morgan fingerprint density at radius 1 is 0.873 bits per heavy atom. The van der Waals surface area contributed by atoms with Crippen LogP contribution < -0.4 is 15.1 Å². The Kier molecular flexibility index (Phi) is 9.24. The first-order valence-electron chi connectivity index (χ1n) is 19.8. The number of carbonyl (C=O) groups is 3. The number of nitrogens with zero attached hydrogens (tertiary/aromatic N) is 7. The number of rotatable bonds is 9. The summed E-state index contributed by atoms with van der Waals surface area (Å²) in [5, 5.41) is 21.4. The van der Waals surface area contributed by atoms with E-state index < -0.39 is 5.41 Å². The monoisotopic (exact) mass is 740 g/mol. The van der Waals surface area contributed by atoms with Gasteiger partial charge in [-0.3, -0.25) is 19.7 Å². The van der Waals surface area contributed by atoms with Crippen LogP contribution in [0.5, 0.6) is 5.75 Å². The maximum absolute atomic E-state index is 14.5. The highest BCUT2D eigenvalue weighted by Crippen LogP contribution is 2.45. The van der Waals surface area contributed by atoms with Gasteiger partial charge in [0, 0.05) is 76.0 Å². The first-order valence-corrected chi connectivity index (χ1v) is 19.8. The zero-order valence-corrected chi connectivity index (χ0v) is 31.1. The average molecular weight is 741 g/mol. The molecule has 2 N–H and O–H groups in total. The highest BCUT2D eigenvalue weighted by atomic mass is 16.3. The number of benzene rings is 2. The number of phenolic OH excluding ortho intramolecular Hbond substituents is 1. The van der Waals surface area contributed by atoms with Crippen molar-refractivity contribution in [3.63, 3.8) is 0 Å². The van der Waals surface area contributed by atoms with E-state index in [-0.39, 0.29) is 34.8 Å². The van der Waals surface area contributed by atoms with E-state index in [2.05, 4.69) is 47.2 Å². The third kappa shape index (κ3) is 6.81. The molecule has 5 fully saturated rings. The van der Waals surface area contributed by atoms with Gasteiger partial charge in [-0.2, -0.15) is 10.2 Å². The van der Waals surface area contributed by atoms with Gasteiger partial charge < -0.3 is 24.7 Å². The quantitative estimate of drug-likeness (QED) is 0.239. The van der Waals surface area contributed by atoms with Gasteiger partial charge in [0.1, 0.15) is 11.6 Å². The number of hydrogen-bond donors (Lipinski definition) is 2. The molecule has 5 aliphatic rings. The number of piperidine rings is 2. The van der Waals surface area contributed by atoms with Crippen molar-refractivity contribution in [2.24, 2.45) is 11.3 Å². The van der Waals surface area contributed by atoms with Crippen LogP contribution in [0.3, 0.4) is 0 Å². The van der Waals surface area contributed by atoms with Crippen LogP contribution in [0.2, 0.25) is 0 Å². The summed E-state index contributed by atoms with van der Waals surface area (Å²) in [7, 11) is 0. The molecule has 4 aromatic rings. The van der Waals surface area contributed by atoms with Crippen molar-refractivity contribution in [2.45, 2.75) is 49.9 Å². The zero-order valence-electron chi connectivity index (χ0n) is 31.1. The van der Waals surface area contributed by atoms with Gasteiger partial charge in [0.15, 0.2) is 0 Å². The highest BCUT2D eigenvalue weighted by molar-refractivity contribution is 6.00. The van der Waals surface area contributed by atoms with E-state index in [1.807, 2.05) is 48.5 Å². The van der Waals surface area contributed by atoms with E-state index in [1.165, 1.54) is 0 Å². The van der Waals surface area contributed by atoms with Crippen molar-refractivity contribution in [1.29, 1.82) is 0 Å². The number of anilines is 2. The molecule has 12 heteroatoms. The van der Waals surface area contributed by atoms with Crippen molar-refractivity contribution in [2.75, 3.05) is 68.7 Å². The van der Waals surface area contributed by atoms with Crippen molar-refractivity contribution < 1.29 is 19.5 Å². The lowest BCUT2D eigenvalue weighted by Crippen LogP contribution is -2.74. The molecule has 2 atom stereocenters. The van der Waals surface area contributed by atoms with E-state index in [1.54, 1.807) is 24.5 Å². The van der Waals surface area contributed by atoms with E-state index in [4.69, 9.17) is 4.98 Å². The van der Waals surface area contributed by atoms with Gasteiger partial charge in [-0.25, -0.2) is 4.98 Å². The van der Waals surface area contributed by atoms with Crippen molar-refractivity contribution in [3.05, 3.63) is 96.3 Å². The number of aromatic hydroxyl groups is 1. The lowest BCUT2D eigenvalue weighted by molar-refractivity contribution is -0.165. The topological polar surface area (TPSA) is 135 Å². The van der Waals surface area contributed by atoms with Crippen LogP contribution in [0.15, 0.2) is 85.2 Å². The number of likely N-dealkylation sites (tertiary alicyclic amines) is 2. The predicted molar refractivity (Wildman–Crippen MR) is 208 cm³/mol. The van der Waals surface area contributed by atoms with Gasteiger partial charge in [0.2, 0.25) is 17.7 Å². The highest BCUT2D eigenvalue weighted by Gasteiger charge is 2.56. The second-order valence-electron chi connectivity index (χ2n) is 16.5. The molecule has 2 aromatic heterocycles. The molecular weight excluding hydrogens is 693 g/mol. The largest absolute Gasteiger partial charge is 0.507 e. The fourth-order valence-electron chi connectivity index (χ4n) is 9.80. The number of hydrogen-bond acceptors (Lipinski definition) is 10. The summed E-state index contributed by atoms with van der Waals surface area (Å²) in [6.45, 7) is 8.26. The molecule has 5 aliphatic heterocycles.